The maximum Gasteiger partial charge on any atom is 0.142 e. The van der Waals surface area contributed by atoms with Crippen molar-refractivity contribution in [3.8, 4) is 28.3 Å². The first kappa shape index (κ1) is 17.8. The molecule has 0 saturated carbocycles. The Labute approximate surface area is 163 Å². The van der Waals surface area contributed by atoms with Gasteiger partial charge in [0.25, 0.3) is 0 Å². The molecule has 3 aromatic carbocycles. The maximum atomic E-state index is 11.0. The third-order valence-electron chi connectivity index (χ3n) is 4.95. The summed E-state index contributed by atoms with van der Waals surface area (Å²) in [5.74, 6) is 1.19. The van der Waals surface area contributed by atoms with E-state index in [0.29, 0.717) is 22.9 Å². The van der Waals surface area contributed by atoms with Gasteiger partial charge < -0.3 is 15.8 Å². The Balaban J connectivity index is 1.82. The van der Waals surface area contributed by atoms with E-state index in [9.17, 15) is 5.11 Å². The topological polar surface area (TPSA) is 98.8 Å². The van der Waals surface area contributed by atoms with Gasteiger partial charge in [-0.25, -0.2) is 4.98 Å². The summed E-state index contributed by atoms with van der Waals surface area (Å²) in [6.45, 7) is 4.30. The van der Waals surface area contributed by atoms with Crippen LogP contribution in [0.15, 0.2) is 60.7 Å². The SMILES string of the molecule is CC(C)c1cccc(-c2cccc(-c3nc4ccc(C(=N)N)cc4[nH]3)c2O)c1. The largest absolute Gasteiger partial charge is 0.507 e. The fraction of sp³-hybridized carbons (Fsp3) is 0.130. The van der Waals surface area contributed by atoms with E-state index in [1.807, 2.05) is 36.4 Å². The van der Waals surface area contributed by atoms with Gasteiger partial charge in [0.2, 0.25) is 0 Å². The number of aromatic amines is 1. The molecule has 1 heterocycles. The zero-order valence-electron chi connectivity index (χ0n) is 15.8. The average Bonchev–Trinajstić information content (AvgIpc) is 3.11. The highest BCUT2D eigenvalue weighted by molar-refractivity contribution is 5.98. The lowest BCUT2D eigenvalue weighted by Gasteiger charge is -2.11. The molecule has 5 nitrogen and oxygen atoms in total. The number of aromatic hydroxyl groups is 1. The predicted molar refractivity (Wildman–Crippen MR) is 114 cm³/mol. The molecule has 1 aromatic heterocycles. The van der Waals surface area contributed by atoms with Gasteiger partial charge in [-0.05, 0) is 41.3 Å². The summed E-state index contributed by atoms with van der Waals surface area (Å²) in [5, 5.41) is 18.6. The second-order valence-electron chi connectivity index (χ2n) is 7.21. The number of benzene rings is 3. The van der Waals surface area contributed by atoms with Gasteiger partial charge in [0.1, 0.15) is 17.4 Å². The highest BCUT2D eigenvalue weighted by Gasteiger charge is 2.15. The normalized spacial score (nSPS) is 11.2. The van der Waals surface area contributed by atoms with Crippen LogP contribution in [0.25, 0.3) is 33.5 Å². The van der Waals surface area contributed by atoms with Crippen LogP contribution in [0.3, 0.4) is 0 Å². The number of nitrogens with one attached hydrogen (secondary N) is 2. The summed E-state index contributed by atoms with van der Waals surface area (Å²) >= 11 is 0. The number of imidazole rings is 1. The molecule has 4 aromatic rings. The Morgan fingerprint density at radius 1 is 1.04 bits per heavy atom. The lowest BCUT2D eigenvalue weighted by Crippen LogP contribution is -2.10. The fourth-order valence-electron chi connectivity index (χ4n) is 3.34. The zero-order chi connectivity index (χ0) is 19.8. The third kappa shape index (κ3) is 3.11. The van der Waals surface area contributed by atoms with Crippen molar-refractivity contribution in [2.45, 2.75) is 19.8 Å². The number of rotatable bonds is 4. The first-order chi connectivity index (χ1) is 13.4. The molecule has 140 valence electrons. The molecule has 0 fully saturated rings. The Kier molecular flexibility index (Phi) is 4.35. The van der Waals surface area contributed by atoms with Gasteiger partial charge in [-0.1, -0.05) is 50.2 Å². The van der Waals surface area contributed by atoms with Crippen LogP contribution < -0.4 is 5.73 Å². The molecule has 0 atom stereocenters. The summed E-state index contributed by atoms with van der Waals surface area (Å²) in [6.07, 6.45) is 0. The van der Waals surface area contributed by atoms with E-state index < -0.39 is 0 Å². The number of phenols is 1. The van der Waals surface area contributed by atoms with E-state index in [-0.39, 0.29) is 11.6 Å². The molecule has 0 unspecified atom stereocenters. The summed E-state index contributed by atoms with van der Waals surface area (Å²) in [7, 11) is 0. The molecular weight excluding hydrogens is 348 g/mol. The molecule has 0 aliphatic carbocycles. The van der Waals surface area contributed by atoms with E-state index in [2.05, 4.69) is 35.9 Å². The first-order valence-corrected chi connectivity index (χ1v) is 9.21. The Morgan fingerprint density at radius 2 is 1.79 bits per heavy atom. The Morgan fingerprint density at radius 3 is 2.54 bits per heavy atom. The second-order valence-corrected chi connectivity index (χ2v) is 7.21. The van der Waals surface area contributed by atoms with Gasteiger partial charge in [-0.15, -0.1) is 0 Å². The molecular formula is C23H22N4O. The molecule has 0 aliphatic rings. The van der Waals surface area contributed by atoms with Gasteiger partial charge in [-0.2, -0.15) is 0 Å². The number of hydrogen-bond acceptors (Lipinski definition) is 3. The van der Waals surface area contributed by atoms with Crippen molar-refractivity contribution in [3.05, 3.63) is 71.8 Å². The molecule has 5 heteroatoms. The number of nitrogen functional groups attached to an aromatic ring is 1. The van der Waals surface area contributed by atoms with Crippen LogP contribution >= 0.6 is 0 Å². The molecule has 0 amide bonds. The van der Waals surface area contributed by atoms with Crippen molar-refractivity contribution in [2.24, 2.45) is 5.73 Å². The maximum absolute atomic E-state index is 11.0. The summed E-state index contributed by atoms with van der Waals surface area (Å²) in [4.78, 5) is 7.83. The van der Waals surface area contributed by atoms with Crippen LogP contribution in [0.2, 0.25) is 0 Å². The lowest BCUT2D eigenvalue weighted by atomic mass is 9.96. The number of nitrogens with zero attached hydrogens (tertiary/aromatic N) is 1. The van der Waals surface area contributed by atoms with Crippen molar-refractivity contribution in [1.82, 2.24) is 9.97 Å². The number of hydrogen-bond donors (Lipinski definition) is 4. The van der Waals surface area contributed by atoms with Gasteiger partial charge in [0, 0.05) is 11.1 Å². The third-order valence-corrected chi connectivity index (χ3v) is 4.95. The van der Waals surface area contributed by atoms with E-state index in [1.165, 1.54) is 5.56 Å². The van der Waals surface area contributed by atoms with Gasteiger partial charge >= 0.3 is 0 Å². The highest BCUT2D eigenvalue weighted by Crippen LogP contribution is 2.38. The molecule has 0 radical (unpaired) electrons. The minimum Gasteiger partial charge on any atom is -0.507 e. The van der Waals surface area contributed by atoms with Crippen LogP contribution in [0.4, 0.5) is 0 Å². The van der Waals surface area contributed by atoms with Crippen molar-refractivity contribution in [2.75, 3.05) is 0 Å². The van der Waals surface area contributed by atoms with E-state index in [4.69, 9.17) is 11.1 Å². The van der Waals surface area contributed by atoms with Crippen molar-refractivity contribution in [3.63, 3.8) is 0 Å². The zero-order valence-corrected chi connectivity index (χ0v) is 15.8. The van der Waals surface area contributed by atoms with Crippen LogP contribution in [0.1, 0.15) is 30.9 Å². The number of nitrogens with two attached hydrogens (primary N) is 1. The molecule has 4 rings (SSSR count). The Hall–Kier alpha value is -3.60. The molecule has 5 N–H and O–H groups in total. The van der Waals surface area contributed by atoms with Crippen molar-refractivity contribution >= 4 is 16.9 Å². The summed E-state index contributed by atoms with van der Waals surface area (Å²) in [6, 6.07) is 19.3. The number of phenolic OH excluding ortho intramolecular Hbond substituents is 1. The lowest BCUT2D eigenvalue weighted by molar-refractivity contribution is 0.479. The van der Waals surface area contributed by atoms with E-state index in [0.717, 1.165) is 22.2 Å². The number of para-hydroxylation sites is 1. The second kappa shape index (κ2) is 6.85. The monoisotopic (exact) mass is 370 g/mol. The smallest absolute Gasteiger partial charge is 0.142 e. The van der Waals surface area contributed by atoms with E-state index >= 15 is 0 Å². The summed E-state index contributed by atoms with van der Waals surface area (Å²) in [5.41, 5.74) is 11.3. The predicted octanol–water partition coefficient (Wildman–Crippen LogP) is 5.01. The molecule has 0 saturated heterocycles. The molecule has 0 spiro atoms. The number of amidine groups is 1. The van der Waals surface area contributed by atoms with Crippen LogP contribution in [0, 0.1) is 5.41 Å². The average molecular weight is 370 g/mol. The highest BCUT2D eigenvalue weighted by atomic mass is 16.3. The minimum atomic E-state index is 0.00734. The van der Waals surface area contributed by atoms with Crippen molar-refractivity contribution < 1.29 is 5.11 Å². The minimum absolute atomic E-state index is 0.00734. The Bertz CT molecular complexity index is 1190. The van der Waals surface area contributed by atoms with Crippen molar-refractivity contribution in [1.29, 1.82) is 5.41 Å². The molecule has 0 bridgehead atoms. The molecule has 28 heavy (non-hydrogen) atoms. The van der Waals surface area contributed by atoms with Gasteiger partial charge in [-0.3, -0.25) is 5.41 Å². The molecule has 0 aliphatic heterocycles. The summed E-state index contributed by atoms with van der Waals surface area (Å²) < 4.78 is 0. The number of H-pyrrole nitrogens is 1. The van der Waals surface area contributed by atoms with Gasteiger partial charge in [0.05, 0.1) is 16.6 Å². The first-order valence-electron chi connectivity index (χ1n) is 9.21. The van der Waals surface area contributed by atoms with Crippen LogP contribution in [-0.2, 0) is 0 Å². The number of aromatic nitrogens is 2. The number of fused-ring (bicyclic) bond motifs is 1. The van der Waals surface area contributed by atoms with E-state index in [1.54, 1.807) is 12.1 Å². The van der Waals surface area contributed by atoms with Crippen LogP contribution in [0.5, 0.6) is 5.75 Å². The van der Waals surface area contributed by atoms with Gasteiger partial charge in [0.15, 0.2) is 0 Å². The fourth-order valence-corrected chi connectivity index (χ4v) is 3.34. The standard InChI is InChI=1S/C23H22N4O/c1-13(2)14-5-3-6-15(11-14)17-7-4-8-18(21(17)28)23-26-19-10-9-16(22(24)25)12-20(19)27-23/h3-13,28H,1-2H3,(H3,24,25)(H,26,27). The van der Waals surface area contributed by atoms with Crippen LogP contribution in [-0.4, -0.2) is 20.9 Å². The quantitative estimate of drug-likeness (QED) is 0.300.